The minimum atomic E-state index is -0.536. The lowest BCUT2D eigenvalue weighted by Crippen LogP contribution is -2.20. The fourth-order valence-corrected chi connectivity index (χ4v) is 3.82. The molecule has 152 valence electrons. The van der Waals surface area contributed by atoms with Crippen molar-refractivity contribution in [3.8, 4) is 0 Å². The first kappa shape index (κ1) is 20.1. The Hall–Kier alpha value is -2.61. The maximum atomic E-state index is 12.3. The molecule has 1 saturated carbocycles. The summed E-state index contributed by atoms with van der Waals surface area (Å²) in [5, 5.41) is 7.03. The molecule has 28 heavy (non-hydrogen) atoms. The molecule has 0 saturated heterocycles. The SMILES string of the molecule is COCC(=O)Nc1c(C(=O)OC)n(C)c2ncc(NC3CCCCCC3)cc12. The van der Waals surface area contributed by atoms with Crippen molar-refractivity contribution < 1.29 is 19.1 Å². The third-order valence-corrected chi connectivity index (χ3v) is 5.17. The van der Waals surface area contributed by atoms with Crippen LogP contribution in [0.1, 0.15) is 49.0 Å². The van der Waals surface area contributed by atoms with Crippen molar-refractivity contribution in [3.63, 3.8) is 0 Å². The Balaban J connectivity index is 1.99. The van der Waals surface area contributed by atoms with E-state index in [1.807, 2.05) is 6.07 Å². The number of nitrogens with zero attached hydrogens (tertiary/aromatic N) is 2. The van der Waals surface area contributed by atoms with Gasteiger partial charge in [-0.1, -0.05) is 25.7 Å². The minimum absolute atomic E-state index is 0.107. The van der Waals surface area contributed by atoms with E-state index in [4.69, 9.17) is 9.47 Å². The molecule has 1 amide bonds. The molecule has 3 rings (SSSR count). The maximum Gasteiger partial charge on any atom is 0.356 e. The van der Waals surface area contributed by atoms with Crippen LogP contribution in [0.4, 0.5) is 11.4 Å². The van der Waals surface area contributed by atoms with Crippen LogP contribution in [0, 0.1) is 0 Å². The summed E-state index contributed by atoms with van der Waals surface area (Å²) in [5.74, 6) is -0.881. The van der Waals surface area contributed by atoms with Crippen molar-refractivity contribution in [2.45, 2.75) is 44.6 Å². The molecule has 0 bridgehead atoms. The van der Waals surface area contributed by atoms with Gasteiger partial charge in [0.15, 0.2) is 5.69 Å². The Morgan fingerprint density at radius 2 is 1.93 bits per heavy atom. The molecule has 0 radical (unpaired) electrons. The first-order valence-electron chi connectivity index (χ1n) is 9.67. The molecule has 0 atom stereocenters. The Labute approximate surface area is 164 Å². The lowest BCUT2D eigenvalue weighted by molar-refractivity contribution is -0.119. The molecule has 2 heterocycles. The summed E-state index contributed by atoms with van der Waals surface area (Å²) >= 11 is 0. The van der Waals surface area contributed by atoms with Crippen LogP contribution in [0.15, 0.2) is 12.3 Å². The van der Waals surface area contributed by atoms with Crippen LogP contribution < -0.4 is 10.6 Å². The Morgan fingerprint density at radius 3 is 2.57 bits per heavy atom. The van der Waals surface area contributed by atoms with Crippen molar-refractivity contribution in [1.82, 2.24) is 9.55 Å². The minimum Gasteiger partial charge on any atom is -0.464 e. The number of carbonyl (C=O) groups is 2. The zero-order valence-corrected chi connectivity index (χ0v) is 16.7. The topological polar surface area (TPSA) is 94.5 Å². The van der Waals surface area contributed by atoms with E-state index in [0.717, 1.165) is 18.5 Å². The Morgan fingerprint density at radius 1 is 1.21 bits per heavy atom. The molecule has 8 nitrogen and oxygen atoms in total. The van der Waals surface area contributed by atoms with E-state index in [1.165, 1.54) is 39.9 Å². The van der Waals surface area contributed by atoms with Gasteiger partial charge in [-0.2, -0.15) is 0 Å². The molecular weight excluding hydrogens is 360 g/mol. The van der Waals surface area contributed by atoms with Crippen LogP contribution in [-0.4, -0.2) is 48.3 Å². The van der Waals surface area contributed by atoms with Gasteiger partial charge in [0.2, 0.25) is 5.91 Å². The Kier molecular flexibility index (Phi) is 6.51. The molecule has 0 unspecified atom stereocenters. The van der Waals surface area contributed by atoms with E-state index < -0.39 is 5.97 Å². The molecular formula is C20H28N4O4. The summed E-state index contributed by atoms with van der Waals surface area (Å²) in [5.41, 5.74) is 2.12. The standard InChI is InChI=1S/C20H28N4O4/c1-24-18(20(26)28-3)17(23-16(25)12-27-2)15-10-14(11-21-19(15)24)22-13-8-6-4-5-7-9-13/h10-11,13,22H,4-9,12H2,1-3H3,(H,23,25). The van der Waals surface area contributed by atoms with E-state index in [-0.39, 0.29) is 18.2 Å². The molecule has 2 aromatic rings. The predicted octanol–water partition coefficient (Wildman–Crippen LogP) is 3.08. The Bertz CT molecular complexity index is 853. The average Bonchev–Trinajstić information content (AvgIpc) is 2.84. The van der Waals surface area contributed by atoms with Crippen LogP contribution in [0.5, 0.6) is 0 Å². The van der Waals surface area contributed by atoms with Gasteiger partial charge in [0.1, 0.15) is 12.3 Å². The highest BCUT2D eigenvalue weighted by atomic mass is 16.5. The number of hydrogen-bond donors (Lipinski definition) is 2. The highest BCUT2D eigenvalue weighted by Crippen LogP contribution is 2.32. The second-order valence-electron chi connectivity index (χ2n) is 7.18. The number of nitrogens with one attached hydrogen (secondary N) is 2. The average molecular weight is 388 g/mol. The number of aryl methyl sites for hydroxylation is 1. The van der Waals surface area contributed by atoms with Crippen LogP contribution in [0.2, 0.25) is 0 Å². The van der Waals surface area contributed by atoms with Gasteiger partial charge in [0, 0.05) is 25.6 Å². The zero-order valence-electron chi connectivity index (χ0n) is 16.7. The van der Waals surface area contributed by atoms with Crippen molar-refractivity contribution in [2.24, 2.45) is 7.05 Å². The molecule has 0 spiro atoms. The molecule has 1 aliphatic carbocycles. The maximum absolute atomic E-state index is 12.3. The van der Waals surface area contributed by atoms with Crippen molar-refractivity contribution >= 4 is 34.3 Å². The van der Waals surface area contributed by atoms with Gasteiger partial charge < -0.3 is 24.7 Å². The number of rotatable bonds is 6. The van der Waals surface area contributed by atoms with Gasteiger partial charge in [0.25, 0.3) is 0 Å². The molecule has 0 aliphatic heterocycles. The van der Waals surface area contributed by atoms with Crippen molar-refractivity contribution in [1.29, 1.82) is 0 Å². The quantitative estimate of drug-likeness (QED) is 0.583. The van der Waals surface area contributed by atoms with E-state index in [1.54, 1.807) is 17.8 Å². The number of anilines is 2. The summed E-state index contributed by atoms with van der Waals surface area (Å²) in [6.07, 6.45) is 9.07. The van der Waals surface area contributed by atoms with E-state index in [0.29, 0.717) is 22.8 Å². The second kappa shape index (κ2) is 9.05. The number of amides is 1. The predicted molar refractivity (Wildman–Crippen MR) is 108 cm³/mol. The third kappa shape index (κ3) is 4.27. The van der Waals surface area contributed by atoms with E-state index in [2.05, 4.69) is 15.6 Å². The molecule has 2 aromatic heterocycles. The van der Waals surface area contributed by atoms with Gasteiger partial charge in [-0.15, -0.1) is 0 Å². The fraction of sp³-hybridized carbons (Fsp3) is 0.550. The van der Waals surface area contributed by atoms with Gasteiger partial charge in [-0.05, 0) is 18.9 Å². The monoisotopic (exact) mass is 388 g/mol. The summed E-state index contributed by atoms with van der Waals surface area (Å²) in [6.45, 7) is -0.107. The van der Waals surface area contributed by atoms with Crippen LogP contribution in [0.3, 0.4) is 0 Å². The summed E-state index contributed by atoms with van der Waals surface area (Å²) < 4.78 is 11.4. The summed E-state index contributed by atoms with van der Waals surface area (Å²) in [6, 6.07) is 2.35. The zero-order chi connectivity index (χ0) is 20.1. The lowest BCUT2D eigenvalue weighted by Gasteiger charge is -2.17. The molecule has 2 N–H and O–H groups in total. The van der Waals surface area contributed by atoms with E-state index in [9.17, 15) is 9.59 Å². The van der Waals surface area contributed by atoms with Gasteiger partial charge >= 0.3 is 5.97 Å². The van der Waals surface area contributed by atoms with Crippen LogP contribution >= 0.6 is 0 Å². The second-order valence-corrected chi connectivity index (χ2v) is 7.18. The summed E-state index contributed by atoms with van der Waals surface area (Å²) in [7, 11) is 4.49. The van der Waals surface area contributed by atoms with Crippen molar-refractivity contribution in [2.75, 3.05) is 31.5 Å². The number of esters is 1. The van der Waals surface area contributed by atoms with Crippen LogP contribution in [-0.2, 0) is 21.3 Å². The number of ether oxygens (including phenoxy) is 2. The number of aromatic nitrogens is 2. The first-order valence-corrected chi connectivity index (χ1v) is 9.67. The van der Waals surface area contributed by atoms with Gasteiger partial charge in [0.05, 0.1) is 24.7 Å². The van der Waals surface area contributed by atoms with Crippen molar-refractivity contribution in [3.05, 3.63) is 18.0 Å². The lowest BCUT2D eigenvalue weighted by atomic mass is 10.1. The number of methoxy groups -OCH3 is 2. The smallest absolute Gasteiger partial charge is 0.356 e. The number of hydrogen-bond acceptors (Lipinski definition) is 6. The highest BCUT2D eigenvalue weighted by molar-refractivity contribution is 6.11. The van der Waals surface area contributed by atoms with Gasteiger partial charge in [-0.3, -0.25) is 4.79 Å². The molecule has 1 aliphatic rings. The fourth-order valence-electron chi connectivity index (χ4n) is 3.82. The third-order valence-electron chi connectivity index (χ3n) is 5.17. The normalized spacial score (nSPS) is 15.2. The van der Waals surface area contributed by atoms with Crippen LogP contribution in [0.25, 0.3) is 11.0 Å². The van der Waals surface area contributed by atoms with E-state index >= 15 is 0 Å². The number of pyridine rings is 1. The molecule has 0 aromatic carbocycles. The van der Waals surface area contributed by atoms with Gasteiger partial charge in [-0.25, -0.2) is 9.78 Å². The largest absolute Gasteiger partial charge is 0.464 e. The number of carbonyl (C=O) groups excluding carboxylic acids is 2. The first-order chi connectivity index (χ1) is 13.5. The molecule has 8 heteroatoms. The highest BCUT2D eigenvalue weighted by Gasteiger charge is 2.24. The number of fused-ring (bicyclic) bond motifs is 1. The summed E-state index contributed by atoms with van der Waals surface area (Å²) in [4.78, 5) is 29.0. The molecule has 1 fully saturated rings.